The second kappa shape index (κ2) is 9.26. The van der Waals surface area contributed by atoms with Gasteiger partial charge in [0.2, 0.25) is 5.91 Å². The summed E-state index contributed by atoms with van der Waals surface area (Å²) in [4.78, 5) is 24.1. The summed E-state index contributed by atoms with van der Waals surface area (Å²) < 4.78 is 7.50. The molecule has 0 unspecified atom stereocenters. The van der Waals surface area contributed by atoms with Gasteiger partial charge in [-0.25, -0.2) is 9.97 Å². The molecule has 0 aliphatic carbocycles. The van der Waals surface area contributed by atoms with Crippen molar-refractivity contribution in [2.24, 2.45) is 5.92 Å². The van der Waals surface area contributed by atoms with E-state index in [0.717, 1.165) is 47.5 Å². The number of carbonyl (C=O) groups is 1. The average molecular weight is 408 g/mol. The number of hydrogen-bond acceptors (Lipinski definition) is 5. The van der Waals surface area contributed by atoms with Gasteiger partial charge in [0, 0.05) is 31.4 Å². The Kier molecular flexibility index (Phi) is 6.28. The molecule has 7 heteroatoms. The van der Waals surface area contributed by atoms with Crippen molar-refractivity contribution in [3.8, 4) is 11.1 Å². The lowest BCUT2D eigenvalue weighted by atomic mass is 10.1. The van der Waals surface area contributed by atoms with Gasteiger partial charge in [-0.2, -0.15) is 0 Å². The van der Waals surface area contributed by atoms with Gasteiger partial charge < -0.3 is 19.5 Å². The van der Waals surface area contributed by atoms with Crippen molar-refractivity contribution < 1.29 is 9.53 Å². The smallest absolute Gasteiger partial charge is 0.239 e. The minimum atomic E-state index is 0.00365. The first kappa shape index (κ1) is 20.3. The van der Waals surface area contributed by atoms with Gasteiger partial charge in [-0.05, 0) is 17.9 Å². The molecule has 0 atom stereocenters. The molecule has 0 spiro atoms. The number of rotatable bonds is 7. The highest BCUT2D eigenvalue weighted by molar-refractivity contribution is 5.99. The molecule has 1 aromatic carbocycles. The third kappa shape index (κ3) is 4.46. The first-order chi connectivity index (χ1) is 14.6. The van der Waals surface area contributed by atoms with Crippen LogP contribution in [0.2, 0.25) is 0 Å². The fourth-order valence-electron chi connectivity index (χ4n) is 3.78. The number of anilines is 1. The van der Waals surface area contributed by atoms with E-state index in [0.29, 0.717) is 25.7 Å². The molecule has 30 heavy (non-hydrogen) atoms. The van der Waals surface area contributed by atoms with Crippen LogP contribution < -0.4 is 10.2 Å². The number of aromatic nitrogens is 3. The monoisotopic (exact) mass is 407 g/mol. The molecule has 1 aliphatic heterocycles. The molecular formula is C23H29N5O2. The van der Waals surface area contributed by atoms with E-state index in [-0.39, 0.29) is 12.5 Å². The maximum atomic E-state index is 12.7. The lowest BCUT2D eigenvalue weighted by Gasteiger charge is -2.28. The molecule has 7 nitrogen and oxygen atoms in total. The van der Waals surface area contributed by atoms with Gasteiger partial charge in [-0.3, -0.25) is 4.79 Å². The zero-order valence-electron chi connectivity index (χ0n) is 17.7. The Bertz CT molecular complexity index is 994. The van der Waals surface area contributed by atoms with Crippen LogP contribution in [0.5, 0.6) is 0 Å². The van der Waals surface area contributed by atoms with Gasteiger partial charge in [0.25, 0.3) is 0 Å². The summed E-state index contributed by atoms with van der Waals surface area (Å²) in [5, 5.41) is 3.04. The van der Waals surface area contributed by atoms with Crippen molar-refractivity contribution in [3.05, 3.63) is 42.9 Å². The number of fused-ring (bicyclic) bond motifs is 1. The normalized spacial score (nSPS) is 14.4. The molecule has 1 aliphatic rings. The number of nitrogens with zero attached hydrogens (tertiary/aromatic N) is 4. The van der Waals surface area contributed by atoms with Crippen LogP contribution in [0, 0.1) is 5.92 Å². The van der Waals surface area contributed by atoms with E-state index < -0.39 is 0 Å². The molecule has 3 heterocycles. The summed E-state index contributed by atoms with van der Waals surface area (Å²) in [7, 11) is 0. The summed E-state index contributed by atoms with van der Waals surface area (Å²) in [6.07, 6.45) is 4.61. The zero-order valence-corrected chi connectivity index (χ0v) is 17.7. The first-order valence-corrected chi connectivity index (χ1v) is 10.6. The first-order valence-electron chi connectivity index (χ1n) is 10.6. The molecule has 4 rings (SSSR count). The molecule has 2 aromatic heterocycles. The Morgan fingerprint density at radius 1 is 1.17 bits per heavy atom. The molecule has 0 bridgehead atoms. The Morgan fingerprint density at radius 2 is 1.93 bits per heavy atom. The minimum absolute atomic E-state index is 0.00365. The minimum Gasteiger partial charge on any atom is -0.378 e. The number of amides is 1. The molecule has 1 N–H and O–H groups in total. The van der Waals surface area contributed by atoms with Crippen molar-refractivity contribution in [3.63, 3.8) is 0 Å². The summed E-state index contributed by atoms with van der Waals surface area (Å²) in [5.74, 6) is 1.42. The van der Waals surface area contributed by atoms with Crippen LogP contribution >= 0.6 is 0 Å². The quantitative estimate of drug-likeness (QED) is 0.652. The van der Waals surface area contributed by atoms with Gasteiger partial charge in [0.05, 0.1) is 13.2 Å². The molecule has 1 saturated heterocycles. The standard InChI is InChI=1S/C23H29N5O2/c1-17(2)8-9-24-20(29)15-28-14-19(18-6-4-3-5-7-18)21-22(28)23(26-16-25-21)27-10-12-30-13-11-27/h3-7,14,16-17H,8-13,15H2,1-2H3,(H,24,29). The fraction of sp³-hybridized carbons (Fsp3) is 0.435. The third-order valence-electron chi connectivity index (χ3n) is 5.38. The van der Waals surface area contributed by atoms with E-state index in [1.54, 1.807) is 6.33 Å². The molecule has 0 saturated carbocycles. The molecule has 158 valence electrons. The lowest BCUT2D eigenvalue weighted by Crippen LogP contribution is -2.37. The van der Waals surface area contributed by atoms with Crippen LogP contribution in [-0.2, 0) is 16.1 Å². The van der Waals surface area contributed by atoms with E-state index in [4.69, 9.17) is 4.74 Å². The molecule has 0 radical (unpaired) electrons. The van der Waals surface area contributed by atoms with Crippen molar-refractivity contribution in [1.82, 2.24) is 19.9 Å². The summed E-state index contributed by atoms with van der Waals surface area (Å²) in [6.45, 7) is 8.14. The van der Waals surface area contributed by atoms with E-state index in [1.165, 1.54) is 0 Å². The fourth-order valence-corrected chi connectivity index (χ4v) is 3.78. The second-order valence-corrected chi connectivity index (χ2v) is 8.06. The summed E-state index contributed by atoms with van der Waals surface area (Å²) in [6, 6.07) is 10.2. The number of morpholine rings is 1. The van der Waals surface area contributed by atoms with E-state index in [9.17, 15) is 4.79 Å². The van der Waals surface area contributed by atoms with Gasteiger partial charge in [-0.15, -0.1) is 0 Å². The van der Waals surface area contributed by atoms with Crippen LogP contribution in [-0.4, -0.2) is 53.3 Å². The van der Waals surface area contributed by atoms with E-state index in [1.807, 2.05) is 29.0 Å². The van der Waals surface area contributed by atoms with Gasteiger partial charge in [0.15, 0.2) is 5.82 Å². The maximum absolute atomic E-state index is 12.7. The predicted octanol–water partition coefficient (Wildman–Crippen LogP) is 3.10. The number of benzene rings is 1. The number of ether oxygens (including phenoxy) is 1. The molecule has 1 amide bonds. The van der Waals surface area contributed by atoms with Crippen molar-refractivity contribution >= 4 is 22.8 Å². The summed E-state index contributed by atoms with van der Waals surface area (Å²) in [5.41, 5.74) is 3.86. The highest BCUT2D eigenvalue weighted by atomic mass is 16.5. The highest BCUT2D eigenvalue weighted by Gasteiger charge is 2.22. The average Bonchev–Trinajstić information content (AvgIpc) is 3.13. The van der Waals surface area contributed by atoms with Crippen LogP contribution in [0.15, 0.2) is 42.9 Å². The summed E-state index contributed by atoms with van der Waals surface area (Å²) >= 11 is 0. The van der Waals surface area contributed by atoms with Crippen molar-refractivity contribution in [2.75, 3.05) is 37.7 Å². The van der Waals surface area contributed by atoms with Crippen molar-refractivity contribution in [1.29, 1.82) is 0 Å². The van der Waals surface area contributed by atoms with Crippen molar-refractivity contribution in [2.45, 2.75) is 26.8 Å². The Morgan fingerprint density at radius 3 is 2.67 bits per heavy atom. The zero-order chi connectivity index (χ0) is 20.9. The Balaban J connectivity index is 1.72. The predicted molar refractivity (Wildman–Crippen MR) is 118 cm³/mol. The topological polar surface area (TPSA) is 72.3 Å². The Hall–Kier alpha value is -2.93. The van der Waals surface area contributed by atoms with Crippen LogP contribution in [0.25, 0.3) is 22.2 Å². The van der Waals surface area contributed by atoms with Gasteiger partial charge in [-0.1, -0.05) is 44.2 Å². The SMILES string of the molecule is CC(C)CCNC(=O)Cn1cc(-c2ccccc2)c2ncnc(N3CCOCC3)c21. The second-order valence-electron chi connectivity index (χ2n) is 8.06. The maximum Gasteiger partial charge on any atom is 0.239 e. The Labute approximate surface area is 177 Å². The molecule has 1 fully saturated rings. The number of nitrogens with one attached hydrogen (secondary N) is 1. The highest BCUT2D eigenvalue weighted by Crippen LogP contribution is 2.33. The lowest BCUT2D eigenvalue weighted by molar-refractivity contribution is -0.121. The largest absolute Gasteiger partial charge is 0.378 e. The number of hydrogen-bond donors (Lipinski definition) is 1. The van der Waals surface area contributed by atoms with E-state index >= 15 is 0 Å². The van der Waals surface area contributed by atoms with E-state index in [2.05, 4.69) is 46.2 Å². The molecule has 3 aromatic rings. The van der Waals surface area contributed by atoms with Crippen LogP contribution in [0.4, 0.5) is 5.82 Å². The van der Waals surface area contributed by atoms with Crippen LogP contribution in [0.1, 0.15) is 20.3 Å². The van der Waals surface area contributed by atoms with Crippen LogP contribution in [0.3, 0.4) is 0 Å². The van der Waals surface area contributed by atoms with Gasteiger partial charge >= 0.3 is 0 Å². The molecular weight excluding hydrogens is 378 g/mol. The number of carbonyl (C=O) groups excluding carboxylic acids is 1. The third-order valence-corrected chi connectivity index (χ3v) is 5.38. The van der Waals surface area contributed by atoms with Gasteiger partial charge in [0.1, 0.15) is 23.9 Å².